The van der Waals surface area contributed by atoms with Gasteiger partial charge in [-0.2, -0.15) is 0 Å². The van der Waals surface area contributed by atoms with E-state index < -0.39 is 0 Å². The van der Waals surface area contributed by atoms with Gasteiger partial charge in [0.15, 0.2) is 0 Å². The van der Waals surface area contributed by atoms with Gasteiger partial charge in [-0.05, 0) is 54.0 Å². The van der Waals surface area contributed by atoms with E-state index in [1.165, 1.54) is 16.7 Å². The lowest BCUT2D eigenvalue weighted by Crippen LogP contribution is -2.43. The summed E-state index contributed by atoms with van der Waals surface area (Å²) < 4.78 is 5.56. The minimum atomic E-state index is -0.0452. The van der Waals surface area contributed by atoms with Crippen LogP contribution in [0.5, 0.6) is 0 Å². The van der Waals surface area contributed by atoms with Gasteiger partial charge in [0.1, 0.15) is 5.76 Å². The van der Waals surface area contributed by atoms with Gasteiger partial charge in [-0.15, -0.1) is 0 Å². The Morgan fingerprint density at radius 2 is 1.82 bits per heavy atom. The zero-order valence-corrected chi connectivity index (χ0v) is 16.0. The van der Waals surface area contributed by atoms with E-state index in [1.54, 1.807) is 6.26 Å². The minimum Gasteiger partial charge on any atom is -0.467 e. The summed E-state index contributed by atoms with van der Waals surface area (Å²) in [7, 11) is 0. The van der Waals surface area contributed by atoms with Crippen molar-refractivity contribution < 1.29 is 9.21 Å². The van der Waals surface area contributed by atoms with Gasteiger partial charge >= 0.3 is 0 Å². The predicted octanol–water partition coefficient (Wildman–Crippen LogP) is 4.11. The molecule has 0 spiro atoms. The van der Waals surface area contributed by atoms with Crippen LogP contribution in [0.1, 0.15) is 34.9 Å². The van der Waals surface area contributed by atoms with E-state index >= 15 is 0 Å². The fourth-order valence-electron chi connectivity index (χ4n) is 4.39. The van der Waals surface area contributed by atoms with E-state index in [2.05, 4.69) is 48.5 Å². The summed E-state index contributed by atoms with van der Waals surface area (Å²) in [4.78, 5) is 14.8. The van der Waals surface area contributed by atoms with Gasteiger partial charge in [-0.3, -0.25) is 4.79 Å². The van der Waals surface area contributed by atoms with Crippen LogP contribution >= 0.6 is 0 Å². The number of benzene rings is 2. The quantitative estimate of drug-likeness (QED) is 0.706. The summed E-state index contributed by atoms with van der Waals surface area (Å²) in [6.07, 6.45) is 4.67. The molecule has 0 saturated heterocycles. The van der Waals surface area contributed by atoms with E-state index in [4.69, 9.17) is 10.2 Å². The van der Waals surface area contributed by atoms with Gasteiger partial charge in [0.25, 0.3) is 0 Å². The minimum absolute atomic E-state index is 0.00255. The van der Waals surface area contributed by atoms with Crippen LogP contribution in [-0.2, 0) is 24.2 Å². The first-order valence-electron chi connectivity index (χ1n) is 9.90. The van der Waals surface area contributed by atoms with Crippen molar-refractivity contribution in [1.82, 2.24) is 4.90 Å². The molecule has 2 N–H and O–H groups in total. The highest BCUT2D eigenvalue weighted by atomic mass is 16.3. The molecule has 1 aliphatic carbocycles. The molecular weight excluding hydrogens is 348 g/mol. The van der Waals surface area contributed by atoms with E-state index in [-0.39, 0.29) is 18.5 Å². The van der Waals surface area contributed by atoms with Crippen molar-refractivity contribution in [2.24, 2.45) is 11.7 Å². The number of nitrogens with two attached hydrogens (primary N) is 1. The molecule has 1 amide bonds. The summed E-state index contributed by atoms with van der Waals surface area (Å²) in [5.41, 5.74) is 9.67. The number of fused-ring (bicyclic) bond motifs is 1. The van der Waals surface area contributed by atoms with Crippen LogP contribution in [0.2, 0.25) is 0 Å². The summed E-state index contributed by atoms with van der Waals surface area (Å²) >= 11 is 0. The molecule has 4 rings (SSSR count). The normalized spacial score (nSPS) is 18.5. The Morgan fingerprint density at radius 1 is 1.04 bits per heavy atom. The molecule has 0 radical (unpaired) electrons. The van der Waals surface area contributed by atoms with Crippen molar-refractivity contribution in [3.63, 3.8) is 0 Å². The zero-order chi connectivity index (χ0) is 19.3. The smallest absolute Gasteiger partial charge is 0.237 e. The van der Waals surface area contributed by atoms with Crippen LogP contribution in [0.4, 0.5) is 0 Å². The summed E-state index contributed by atoms with van der Waals surface area (Å²) in [6.45, 7) is 0.435. The standard InChI is InChI=1S/C24H26N2O2/c25-16-23(27)26(17-21-10-6-14-28-21)24-20(15-18-7-2-1-3-8-18)13-12-19-9-4-5-11-22(19)24/h1-11,14,20,24H,12-13,15-17,25H2/t20-,24+/m1/s1. The molecular formula is C24H26N2O2. The highest BCUT2D eigenvalue weighted by molar-refractivity contribution is 5.78. The monoisotopic (exact) mass is 374 g/mol. The molecule has 4 nitrogen and oxygen atoms in total. The van der Waals surface area contributed by atoms with Crippen LogP contribution in [0.3, 0.4) is 0 Å². The third-order valence-corrected chi connectivity index (χ3v) is 5.68. The topological polar surface area (TPSA) is 59.5 Å². The van der Waals surface area contributed by atoms with Crippen molar-refractivity contribution in [2.45, 2.75) is 31.8 Å². The largest absolute Gasteiger partial charge is 0.467 e. The fraction of sp³-hybridized carbons (Fsp3) is 0.292. The van der Waals surface area contributed by atoms with Crippen molar-refractivity contribution in [3.8, 4) is 0 Å². The molecule has 0 saturated carbocycles. The molecule has 2 atom stereocenters. The number of furan rings is 1. The highest BCUT2D eigenvalue weighted by Gasteiger charge is 2.36. The van der Waals surface area contributed by atoms with E-state index in [1.807, 2.05) is 23.1 Å². The molecule has 28 heavy (non-hydrogen) atoms. The Bertz CT molecular complexity index is 905. The van der Waals surface area contributed by atoms with Crippen LogP contribution in [0.25, 0.3) is 0 Å². The van der Waals surface area contributed by atoms with Gasteiger partial charge in [0, 0.05) is 0 Å². The molecule has 0 aliphatic heterocycles. The fourth-order valence-corrected chi connectivity index (χ4v) is 4.39. The van der Waals surface area contributed by atoms with Crippen molar-refractivity contribution in [3.05, 3.63) is 95.4 Å². The van der Waals surface area contributed by atoms with Crippen molar-refractivity contribution >= 4 is 5.91 Å². The number of nitrogens with zero attached hydrogens (tertiary/aromatic N) is 1. The highest BCUT2D eigenvalue weighted by Crippen LogP contribution is 2.41. The summed E-state index contributed by atoms with van der Waals surface area (Å²) in [6, 6.07) is 22.8. The molecule has 0 fully saturated rings. The maximum atomic E-state index is 12.9. The number of aryl methyl sites for hydroxylation is 1. The first kappa shape index (κ1) is 18.5. The van der Waals surface area contributed by atoms with Gasteiger partial charge in [-0.25, -0.2) is 0 Å². The molecule has 2 aromatic carbocycles. The van der Waals surface area contributed by atoms with Crippen molar-refractivity contribution in [1.29, 1.82) is 0 Å². The summed E-state index contributed by atoms with van der Waals surface area (Å²) in [5.74, 6) is 1.07. The first-order chi connectivity index (χ1) is 13.8. The zero-order valence-electron chi connectivity index (χ0n) is 16.0. The molecule has 1 heterocycles. The second-order valence-electron chi connectivity index (χ2n) is 7.44. The third kappa shape index (κ3) is 3.87. The average molecular weight is 374 g/mol. The Balaban J connectivity index is 1.72. The predicted molar refractivity (Wildman–Crippen MR) is 109 cm³/mol. The Kier molecular flexibility index (Phi) is 5.58. The van der Waals surface area contributed by atoms with E-state index in [0.717, 1.165) is 25.0 Å². The molecule has 1 aliphatic rings. The number of hydrogen-bond acceptors (Lipinski definition) is 3. The molecule has 0 bridgehead atoms. The lowest BCUT2D eigenvalue weighted by molar-refractivity contribution is -0.134. The van der Waals surface area contributed by atoms with Crippen LogP contribution in [0, 0.1) is 5.92 Å². The van der Waals surface area contributed by atoms with Gasteiger partial charge in [-0.1, -0.05) is 54.6 Å². The SMILES string of the molecule is NCC(=O)N(Cc1ccco1)[C@@H]1c2ccccc2CC[C@@H]1Cc1ccccc1. The van der Waals surface area contributed by atoms with Gasteiger partial charge in [0.2, 0.25) is 5.91 Å². The van der Waals surface area contributed by atoms with Gasteiger partial charge < -0.3 is 15.1 Å². The maximum absolute atomic E-state index is 12.9. The average Bonchev–Trinajstić information content (AvgIpc) is 3.26. The van der Waals surface area contributed by atoms with E-state index in [9.17, 15) is 4.79 Å². The van der Waals surface area contributed by atoms with Crippen LogP contribution in [-0.4, -0.2) is 17.4 Å². The van der Waals surface area contributed by atoms with Crippen LogP contribution in [0.15, 0.2) is 77.4 Å². The van der Waals surface area contributed by atoms with Crippen LogP contribution < -0.4 is 5.73 Å². The Hall–Kier alpha value is -2.85. The lowest BCUT2D eigenvalue weighted by Gasteiger charge is -2.41. The Labute approximate surface area is 166 Å². The molecule has 0 unspecified atom stereocenters. The lowest BCUT2D eigenvalue weighted by atomic mass is 9.76. The third-order valence-electron chi connectivity index (χ3n) is 5.68. The second kappa shape index (κ2) is 8.44. The summed E-state index contributed by atoms with van der Waals surface area (Å²) in [5, 5.41) is 0. The molecule has 4 heteroatoms. The number of hydrogen-bond donors (Lipinski definition) is 1. The Morgan fingerprint density at radius 3 is 2.57 bits per heavy atom. The number of carbonyl (C=O) groups excluding carboxylic acids is 1. The second-order valence-corrected chi connectivity index (χ2v) is 7.44. The van der Waals surface area contributed by atoms with Crippen molar-refractivity contribution in [2.75, 3.05) is 6.54 Å². The number of amides is 1. The maximum Gasteiger partial charge on any atom is 0.237 e. The van der Waals surface area contributed by atoms with Gasteiger partial charge in [0.05, 0.1) is 25.4 Å². The number of rotatable bonds is 6. The molecule has 1 aromatic heterocycles. The molecule has 3 aromatic rings. The van der Waals surface area contributed by atoms with E-state index in [0.29, 0.717) is 12.5 Å². The number of carbonyl (C=O) groups is 1. The first-order valence-corrected chi connectivity index (χ1v) is 9.90. The molecule has 144 valence electrons.